The fourth-order valence-electron chi connectivity index (χ4n) is 2.32. The molecule has 1 amide bonds. The molecule has 2 aliphatic rings. The molecule has 21 heavy (non-hydrogen) atoms. The van der Waals surface area contributed by atoms with Crippen LogP contribution in [0.2, 0.25) is 0 Å². The number of rotatable bonds is 4. The van der Waals surface area contributed by atoms with Gasteiger partial charge in [0.05, 0.1) is 12.6 Å². The van der Waals surface area contributed by atoms with Crippen LogP contribution in [0.1, 0.15) is 31.4 Å². The second kappa shape index (κ2) is 5.89. The number of hydrogen-bond acceptors (Lipinski definition) is 3. The summed E-state index contributed by atoms with van der Waals surface area (Å²) in [5.74, 6) is 0. The monoisotopic (exact) mass is 305 g/mol. The van der Waals surface area contributed by atoms with E-state index in [0.717, 1.165) is 11.3 Å². The summed E-state index contributed by atoms with van der Waals surface area (Å²) in [4.78, 5) is 13.3. The van der Waals surface area contributed by atoms with Gasteiger partial charge < -0.3 is 15.4 Å². The lowest BCUT2D eigenvalue weighted by Gasteiger charge is -2.19. The molecule has 0 unspecified atom stereocenters. The Kier molecular flexibility index (Phi) is 3.96. The van der Waals surface area contributed by atoms with Gasteiger partial charge in [-0.2, -0.15) is 0 Å². The molecule has 1 atom stereocenters. The van der Waals surface area contributed by atoms with E-state index in [9.17, 15) is 4.79 Å². The minimum atomic E-state index is -0.279. The molecule has 0 aromatic heterocycles. The number of carbonyl (C=O) groups excluding carboxylic acids is 1. The average Bonchev–Trinajstić information content (AvgIpc) is 3.17. The quantitative estimate of drug-likeness (QED) is 0.836. The maximum Gasteiger partial charge on any atom is 0.414 e. The fourth-order valence-corrected chi connectivity index (χ4v) is 2.67. The first-order valence-corrected chi connectivity index (χ1v) is 7.65. The van der Waals surface area contributed by atoms with E-state index in [4.69, 9.17) is 17.0 Å². The van der Waals surface area contributed by atoms with E-state index in [2.05, 4.69) is 17.6 Å². The van der Waals surface area contributed by atoms with E-state index in [1.807, 2.05) is 24.3 Å². The summed E-state index contributed by atoms with van der Waals surface area (Å²) in [5, 5.41) is 7.24. The Labute approximate surface area is 129 Å². The first-order valence-electron chi connectivity index (χ1n) is 7.25. The minimum Gasteiger partial charge on any atom is -0.447 e. The van der Waals surface area contributed by atoms with E-state index in [1.165, 1.54) is 12.8 Å². The number of benzene rings is 1. The van der Waals surface area contributed by atoms with Gasteiger partial charge >= 0.3 is 6.09 Å². The van der Waals surface area contributed by atoms with Crippen molar-refractivity contribution in [1.82, 2.24) is 10.6 Å². The molecule has 1 aliphatic heterocycles. The Hall–Kier alpha value is -1.82. The maximum atomic E-state index is 11.6. The number of cyclic esters (lactones) is 1. The molecule has 0 spiro atoms. The van der Waals surface area contributed by atoms with Crippen LogP contribution in [0.15, 0.2) is 24.3 Å². The number of hydrogen-bond donors (Lipinski definition) is 2. The van der Waals surface area contributed by atoms with Crippen molar-refractivity contribution >= 4 is 29.1 Å². The number of anilines is 1. The van der Waals surface area contributed by atoms with Gasteiger partial charge in [-0.3, -0.25) is 4.90 Å². The van der Waals surface area contributed by atoms with E-state index in [-0.39, 0.29) is 12.1 Å². The third-order valence-corrected chi connectivity index (χ3v) is 3.94. The van der Waals surface area contributed by atoms with Gasteiger partial charge in [0, 0.05) is 11.7 Å². The van der Waals surface area contributed by atoms with Crippen LogP contribution in [0.3, 0.4) is 0 Å². The largest absolute Gasteiger partial charge is 0.447 e. The van der Waals surface area contributed by atoms with Crippen molar-refractivity contribution < 1.29 is 9.53 Å². The molecular formula is C15H19N3O2S. The highest BCUT2D eigenvalue weighted by Crippen LogP contribution is 2.23. The standard InChI is InChI=1S/C15H19N3O2S/c1-10(16-14(21)17-12-5-6-12)11-3-2-4-13(9-11)18-7-8-20-15(18)19/h2-4,9-10,12H,5-8H2,1H3,(H2,16,17,21)/t10-/m0/s1. The molecule has 1 heterocycles. The molecule has 1 saturated heterocycles. The van der Waals surface area contributed by atoms with Crippen LogP contribution in [-0.2, 0) is 4.74 Å². The summed E-state index contributed by atoms with van der Waals surface area (Å²) < 4.78 is 4.98. The lowest BCUT2D eigenvalue weighted by Crippen LogP contribution is -2.38. The molecule has 1 saturated carbocycles. The molecule has 5 nitrogen and oxygen atoms in total. The van der Waals surface area contributed by atoms with Crippen molar-refractivity contribution in [3.8, 4) is 0 Å². The molecular weight excluding hydrogens is 286 g/mol. The van der Waals surface area contributed by atoms with Gasteiger partial charge in [-0.1, -0.05) is 12.1 Å². The molecule has 1 aliphatic carbocycles. The van der Waals surface area contributed by atoms with Crippen molar-refractivity contribution in [3.05, 3.63) is 29.8 Å². The smallest absolute Gasteiger partial charge is 0.414 e. The van der Waals surface area contributed by atoms with E-state index in [0.29, 0.717) is 24.3 Å². The van der Waals surface area contributed by atoms with Gasteiger partial charge in [0.25, 0.3) is 0 Å². The molecule has 3 rings (SSSR count). The van der Waals surface area contributed by atoms with Crippen LogP contribution >= 0.6 is 12.2 Å². The predicted molar refractivity (Wildman–Crippen MR) is 85.4 cm³/mol. The van der Waals surface area contributed by atoms with Crippen LogP contribution in [0.5, 0.6) is 0 Å². The second-order valence-corrected chi connectivity index (χ2v) is 5.88. The third-order valence-electron chi connectivity index (χ3n) is 3.70. The predicted octanol–water partition coefficient (Wildman–Crippen LogP) is 2.33. The van der Waals surface area contributed by atoms with Crippen LogP contribution in [0, 0.1) is 0 Å². The summed E-state index contributed by atoms with van der Waals surface area (Å²) in [7, 11) is 0. The molecule has 112 valence electrons. The van der Waals surface area contributed by atoms with E-state index >= 15 is 0 Å². The Morgan fingerprint density at radius 1 is 1.48 bits per heavy atom. The summed E-state index contributed by atoms with van der Waals surface area (Å²) in [5.41, 5.74) is 1.96. The number of thiocarbonyl (C=S) groups is 1. The van der Waals surface area contributed by atoms with Crippen LogP contribution in [0.4, 0.5) is 10.5 Å². The maximum absolute atomic E-state index is 11.6. The lowest BCUT2D eigenvalue weighted by atomic mass is 10.1. The van der Waals surface area contributed by atoms with Crippen LogP contribution in [0.25, 0.3) is 0 Å². The zero-order valence-corrected chi connectivity index (χ0v) is 12.8. The zero-order valence-electron chi connectivity index (χ0n) is 12.0. The van der Waals surface area contributed by atoms with Gasteiger partial charge in [0.1, 0.15) is 6.61 Å². The van der Waals surface area contributed by atoms with E-state index in [1.54, 1.807) is 4.90 Å². The summed E-state index contributed by atoms with van der Waals surface area (Å²) >= 11 is 5.30. The Morgan fingerprint density at radius 3 is 2.95 bits per heavy atom. The van der Waals surface area contributed by atoms with Gasteiger partial charge in [-0.25, -0.2) is 4.79 Å². The van der Waals surface area contributed by atoms with Crippen LogP contribution < -0.4 is 15.5 Å². The third kappa shape index (κ3) is 3.44. The first kappa shape index (κ1) is 14.1. The number of nitrogens with one attached hydrogen (secondary N) is 2. The molecule has 2 fully saturated rings. The van der Waals surface area contributed by atoms with Gasteiger partial charge in [-0.15, -0.1) is 0 Å². The van der Waals surface area contributed by atoms with Gasteiger partial charge in [-0.05, 0) is 49.7 Å². The second-order valence-electron chi connectivity index (χ2n) is 5.47. The Balaban J connectivity index is 1.66. The number of amides is 1. The fraction of sp³-hybridized carbons (Fsp3) is 0.467. The molecule has 1 aromatic carbocycles. The molecule has 0 bridgehead atoms. The van der Waals surface area contributed by atoms with Crippen molar-refractivity contribution in [3.63, 3.8) is 0 Å². The van der Waals surface area contributed by atoms with Crippen LogP contribution in [-0.4, -0.2) is 30.4 Å². The van der Waals surface area contributed by atoms with Crippen molar-refractivity contribution in [2.45, 2.75) is 31.8 Å². The highest BCUT2D eigenvalue weighted by atomic mass is 32.1. The molecule has 6 heteroatoms. The topological polar surface area (TPSA) is 53.6 Å². The number of carbonyl (C=O) groups is 1. The average molecular weight is 305 g/mol. The van der Waals surface area contributed by atoms with Crippen molar-refractivity contribution in [1.29, 1.82) is 0 Å². The normalized spacial score (nSPS) is 19.1. The summed E-state index contributed by atoms with van der Waals surface area (Å²) in [6.07, 6.45) is 2.12. The molecule has 0 radical (unpaired) electrons. The van der Waals surface area contributed by atoms with Gasteiger partial charge in [0.15, 0.2) is 5.11 Å². The number of ether oxygens (including phenoxy) is 1. The Bertz CT molecular complexity index is 560. The SMILES string of the molecule is C[C@H](NC(=S)NC1CC1)c1cccc(N2CCOC2=O)c1. The lowest BCUT2D eigenvalue weighted by molar-refractivity contribution is 0.181. The summed E-state index contributed by atoms with van der Waals surface area (Å²) in [6, 6.07) is 8.53. The Morgan fingerprint density at radius 2 is 2.29 bits per heavy atom. The van der Waals surface area contributed by atoms with Crippen molar-refractivity contribution in [2.24, 2.45) is 0 Å². The van der Waals surface area contributed by atoms with Crippen molar-refractivity contribution in [2.75, 3.05) is 18.1 Å². The zero-order chi connectivity index (χ0) is 14.8. The highest BCUT2D eigenvalue weighted by molar-refractivity contribution is 7.80. The number of nitrogens with zero attached hydrogens (tertiary/aromatic N) is 1. The molecule has 2 N–H and O–H groups in total. The van der Waals surface area contributed by atoms with Gasteiger partial charge in [0.2, 0.25) is 0 Å². The first-order chi connectivity index (χ1) is 10.1. The minimum absolute atomic E-state index is 0.0855. The molecule has 1 aromatic rings. The van der Waals surface area contributed by atoms with E-state index < -0.39 is 0 Å². The summed E-state index contributed by atoms with van der Waals surface area (Å²) in [6.45, 7) is 3.11. The highest BCUT2D eigenvalue weighted by Gasteiger charge is 2.24.